The number of hydrogen-bond donors (Lipinski definition) is 2. The van der Waals surface area contributed by atoms with E-state index < -0.39 is 0 Å². The van der Waals surface area contributed by atoms with Gasteiger partial charge in [-0.05, 0) is 51.9 Å². The van der Waals surface area contributed by atoms with E-state index >= 15 is 0 Å². The molecule has 0 atom stereocenters. The summed E-state index contributed by atoms with van der Waals surface area (Å²) in [6.45, 7) is 0.635. The van der Waals surface area contributed by atoms with Gasteiger partial charge in [-0.2, -0.15) is 0 Å². The molecule has 0 fully saturated rings. The highest BCUT2D eigenvalue weighted by Crippen LogP contribution is 2.10. The number of pyridine rings is 2. The lowest BCUT2D eigenvalue weighted by atomic mass is 10.3. The van der Waals surface area contributed by atoms with Crippen molar-refractivity contribution in [2.75, 3.05) is 5.32 Å². The van der Waals surface area contributed by atoms with Crippen LogP contribution < -0.4 is 10.6 Å². The molecule has 0 aliphatic carbocycles. The Morgan fingerprint density at radius 3 is 2.83 bits per heavy atom. The normalized spacial score (nSPS) is 9.83. The number of nitrogens with one attached hydrogen (secondary N) is 2. The van der Waals surface area contributed by atoms with E-state index in [-0.39, 0.29) is 0 Å². The van der Waals surface area contributed by atoms with Crippen molar-refractivity contribution in [2.24, 2.45) is 0 Å². The van der Waals surface area contributed by atoms with E-state index in [0.717, 1.165) is 10.0 Å². The van der Waals surface area contributed by atoms with Crippen molar-refractivity contribution in [3.63, 3.8) is 0 Å². The van der Waals surface area contributed by atoms with Gasteiger partial charge < -0.3 is 10.6 Å². The molecule has 0 unspecified atom stereocenters. The lowest BCUT2D eigenvalue weighted by Gasteiger charge is -2.09. The summed E-state index contributed by atoms with van der Waals surface area (Å²) in [7, 11) is 0. The second-order valence-electron chi connectivity index (χ2n) is 3.53. The fourth-order valence-electron chi connectivity index (χ4n) is 1.30. The van der Waals surface area contributed by atoms with Crippen LogP contribution >= 0.6 is 28.1 Å². The van der Waals surface area contributed by atoms with Gasteiger partial charge >= 0.3 is 0 Å². The van der Waals surface area contributed by atoms with Crippen molar-refractivity contribution in [1.29, 1.82) is 0 Å². The van der Waals surface area contributed by atoms with E-state index in [1.807, 2.05) is 24.3 Å². The number of rotatable bonds is 3. The van der Waals surface area contributed by atoms with E-state index in [1.54, 1.807) is 18.6 Å². The van der Waals surface area contributed by atoms with Crippen LogP contribution in [0.2, 0.25) is 0 Å². The molecule has 0 aliphatic heterocycles. The molecule has 2 heterocycles. The molecule has 92 valence electrons. The van der Waals surface area contributed by atoms with Gasteiger partial charge in [-0.15, -0.1) is 0 Å². The van der Waals surface area contributed by atoms with Gasteiger partial charge in [0, 0.05) is 29.6 Å². The Morgan fingerprint density at radius 2 is 2.17 bits per heavy atom. The highest BCUT2D eigenvalue weighted by molar-refractivity contribution is 9.10. The van der Waals surface area contributed by atoms with Crippen LogP contribution in [0, 0.1) is 0 Å². The minimum atomic E-state index is 0.536. The zero-order chi connectivity index (χ0) is 12.8. The number of halogens is 1. The first-order valence-electron chi connectivity index (χ1n) is 5.29. The third kappa shape index (κ3) is 4.05. The maximum atomic E-state index is 5.17. The zero-order valence-electron chi connectivity index (χ0n) is 9.43. The minimum absolute atomic E-state index is 0.536. The lowest BCUT2D eigenvalue weighted by molar-refractivity contribution is 0.916. The molecule has 2 aromatic heterocycles. The number of hydrogen-bond acceptors (Lipinski definition) is 3. The van der Waals surface area contributed by atoms with E-state index in [4.69, 9.17) is 12.2 Å². The van der Waals surface area contributed by atoms with Gasteiger partial charge in [-0.3, -0.25) is 4.98 Å². The summed E-state index contributed by atoms with van der Waals surface area (Å²) < 4.78 is 0.933. The Bertz CT molecular complexity index is 515. The summed E-state index contributed by atoms with van der Waals surface area (Å²) in [5.41, 5.74) is 1.07. The Labute approximate surface area is 119 Å². The highest BCUT2D eigenvalue weighted by Gasteiger charge is 1.99. The van der Waals surface area contributed by atoms with E-state index in [1.165, 1.54) is 0 Å². The van der Waals surface area contributed by atoms with E-state index in [2.05, 4.69) is 36.5 Å². The summed E-state index contributed by atoms with van der Waals surface area (Å²) in [5.74, 6) is 0.710. The molecule has 0 aromatic carbocycles. The first-order valence-corrected chi connectivity index (χ1v) is 6.49. The number of anilines is 1. The van der Waals surface area contributed by atoms with Crippen LogP contribution in [0.25, 0.3) is 0 Å². The Balaban J connectivity index is 1.84. The second-order valence-corrected chi connectivity index (χ2v) is 4.85. The van der Waals surface area contributed by atoms with E-state index in [9.17, 15) is 0 Å². The average molecular weight is 323 g/mol. The highest BCUT2D eigenvalue weighted by atomic mass is 79.9. The van der Waals surface area contributed by atoms with Crippen molar-refractivity contribution in [3.05, 3.63) is 52.9 Å². The molecule has 0 radical (unpaired) electrons. The molecule has 2 rings (SSSR count). The average Bonchev–Trinajstić information content (AvgIpc) is 2.40. The quantitative estimate of drug-likeness (QED) is 0.851. The summed E-state index contributed by atoms with van der Waals surface area (Å²) in [4.78, 5) is 8.21. The third-order valence-electron chi connectivity index (χ3n) is 2.14. The molecular weight excluding hydrogens is 312 g/mol. The molecule has 2 N–H and O–H groups in total. The summed E-state index contributed by atoms with van der Waals surface area (Å²) in [6.07, 6.45) is 5.26. The van der Waals surface area contributed by atoms with Gasteiger partial charge in [-0.25, -0.2) is 4.98 Å². The number of nitrogens with zero attached hydrogens (tertiary/aromatic N) is 2. The van der Waals surface area contributed by atoms with Crippen LogP contribution in [-0.4, -0.2) is 15.1 Å². The maximum absolute atomic E-state index is 5.17. The molecule has 0 spiro atoms. The van der Waals surface area contributed by atoms with Gasteiger partial charge in [0.05, 0.1) is 0 Å². The maximum Gasteiger partial charge on any atom is 0.172 e. The summed E-state index contributed by atoms with van der Waals surface area (Å²) >= 11 is 8.50. The van der Waals surface area contributed by atoms with Crippen molar-refractivity contribution in [3.8, 4) is 0 Å². The van der Waals surface area contributed by atoms with Crippen LogP contribution in [-0.2, 0) is 6.54 Å². The Kier molecular flexibility index (Phi) is 4.60. The number of thiocarbonyl (C=S) groups is 1. The molecule has 2 aromatic rings. The molecule has 18 heavy (non-hydrogen) atoms. The van der Waals surface area contributed by atoms with Crippen molar-refractivity contribution < 1.29 is 0 Å². The topological polar surface area (TPSA) is 49.8 Å². The Hall–Kier alpha value is -1.53. The molecule has 0 bridgehead atoms. The van der Waals surface area contributed by atoms with Crippen LogP contribution in [0.5, 0.6) is 0 Å². The first-order chi connectivity index (χ1) is 8.74. The molecule has 0 aliphatic rings. The van der Waals surface area contributed by atoms with Crippen LogP contribution in [0.3, 0.4) is 0 Å². The second kappa shape index (κ2) is 6.42. The summed E-state index contributed by atoms with van der Waals surface area (Å²) in [5, 5.41) is 6.63. The van der Waals surface area contributed by atoms with Gasteiger partial charge in [0.25, 0.3) is 0 Å². The fraction of sp³-hybridized carbons (Fsp3) is 0.0833. The van der Waals surface area contributed by atoms with Crippen molar-refractivity contribution >= 4 is 39.1 Å². The van der Waals surface area contributed by atoms with Gasteiger partial charge in [0.2, 0.25) is 0 Å². The largest absolute Gasteiger partial charge is 0.358 e. The zero-order valence-corrected chi connectivity index (χ0v) is 11.8. The SMILES string of the molecule is S=C(NCc1cccnc1)Nc1ccc(Br)cn1. The monoisotopic (exact) mass is 322 g/mol. The standard InChI is InChI=1S/C12H11BrN4S/c13-10-3-4-11(15-8-10)17-12(18)16-7-9-2-1-5-14-6-9/h1-6,8H,7H2,(H2,15,16,17,18). The van der Waals surface area contributed by atoms with Crippen molar-refractivity contribution in [2.45, 2.75) is 6.54 Å². The molecule has 4 nitrogen and oxygen atoms in total. The minimum Gasteiger partial charge on any atom is -0.358 e. The fourth-order valence-corrected chi connectivity index (χ4v) is 1.71. The lowest BCUT2D eigenvalue weighted by Crippen LogP contribution is -2.28. The molecule has 0 amide bonds. The molecule has 6 heteroatoms. The molecule has 0 saturated heterocycles. The van der Waals surface area contributed by atoms with Crippen LogP contribution in [0.1, 0.15) is 5.56 Å². The Morgan fingerprint density at radius 1 is 1.28 bits per heavy atom. The van der Waals surface area contributed by atoms with Gasteiger partial charge in [-0.1, -0.05) is 6.07 Å². The third-order valence-corrected chi connectivity index (χ3v) is 2.86. The number of aromatic nitrogens is 2. The van der Waals surface area contributed by atoms with Crippen LogP contribution in [0.15, 0.2) is 47.3 Å². The van der Waals surface area contributed by atoms with Gasteiger partial charge in [0.1, 0.15) is 5.82 Å². The van der Waals surface area contributed by atoms with Crippen molar-refractivity contribution in [1.82, 2.24) is 15.3 Å². The van der Waals surface area contributed by atoms with E-state index in [0.29, 0.717) is 17.5 Å². The smallest absolute Gasteiger partial charge is 0.172 e. The molecular formula is C12H11BrN4S. The first kappa shape index (κ1) is 12.9. The molecule has 0 saturated carbocycles. The van der Waals surface area contributed by atoms with Crippen LogP contribution in [0.4, 0.5) is 5.82 Å². The van der Waals surface area contributed by atoms with Gasteiger partial charge in [0.15, 0.2) is 5.11 Å². The predicted octanol–water partition coefficient (Wildman–Crippen LogP) is 2.73. The summed E-state index contributed by atoms with van der Waals surface area (Å²) in [6, 6.07) is 7.63. The predicted molar refractivity (Wildman–Crippen MR) is 79.2 cm³/mol.